The van der Waals surface area contributed by atoms with E-state index in [1.807, 2.05) is 0 Å². The van der Waals surface area contributed by atoms with Gasteiger partial charge in [-0.3, -0.25) is 4.79 Å². The molecular weight excluding hydrogens is 218 g/mol. The average molecular weight is 236 g/mol. The summed E-state index contributed by atoms with van der Waals surface area (Å²) < 4.78 is 4.83. The molecule has 1 atom stereocenters. The van der Waals surface area contributed by atoms with E-state index in [-0.39, 0.29) is 11.0 Å². The Bertz CT molecular complexity index is 280. The lowest BCUT2D eigenvalue weighted by atomic mass is 10.1. The number of carboxylic acids is 1. The summed E-state index contributed by atoms with van der Waals surface area (Å²) in [4.78, 5) is 21.4. The number of aliphatic carboxylic acids is 1. The van der Waals surface area contributed by atoms with Gasteiger partial charge in [0.05, 0.1) is 21.1 Å². The summed E-state index contributed by atoms with van der Waals surface area (Å²) in [5, 5.41) is 27.3. The molecule has 0 saturated heterocycles. The Morgan fingerprint density at radius 2 is 1.75 bits per heavy atom. The number of likely N-dealkylation sites (N-methyl/N-ethyl adjacent to an activating group) is 1. The van der Waals surface area contributed by atoms with Crippen LogP contribution in [0.15, 0.2) is 0 Å². The number of carbonyl (C=O) groups is 2. The van der Waals surface area contributed by atoms with Crippen LogP contribution in [-0.2, 0) is 14.3 Å². The first kappa shape index (κ1) is 14.8. The highest BCUT2D eigenvalue weighted by molar-refractivity contribution is 5.76. The molecule has 0 radical (unpaired) electrons. The second kappa shape index (κ2) is 4.77. The van der Waals surface area contributed by atoms with Crippen LogP contribution in [0.5, 0.6) is 0 Å². The molecule has 0 bridgehead atoms. The van der Waals surface area contributed by atoms with Gasteiger partial charge in [0, 0.05) is 6.92 Å². The van der Waals surface area contributed by atoms with Gasteiger partial charge in [0.2, 0.25) is 6.10 Å². The minimum absolute atomic E-state index is 0.0428. The van der Waals surface area contributed by atoms with Crippen molar-refractivity contribution < 1.29 is 34.1 Å². The fourth-order valence-electron chi connectivity index (χ4n) is 1.08. The molecule has 0 aromatic carbocycles. The molecular formula is C9H18NO6+. The van der Waals surface area contributed by atoms with Gasteiger partial charge in [-0.1, -0.05) is 0 Å². The summed E-state index contributed by atoms with van der Waals surface area (Å²) >= 11 is 0. The third-order valence-corrected chi connectivity index (χ3v) is 1.79. The van der Waals surface area contributed by atoms with Gasteiger partial charge in [-0.25, -0.2) is 4.79 Å². The first-order valence-corrected chi connectivity index (χ1v) is 4.62. The van der Waals surface area contributed by atoms with E-state index in [4.69, 9.17) is 5.11 Å². The van der Waals surface area contributed by atoms with Crippen LogP contribution in [0, 0.1) is 0 Å². The molecule has 7 nitrogen and oxygen atoms in total. The maximum absolute atomic E-state index is 10.8. The number of ether oxygens (including phenoxy) is 1. The van der Waals surface area contributed by atoms with Crippen molar-refractivity contribution in [2.24, 2.45) is 0 Å². The summed E-state index contributed by atoms with van der Waals surface area (Å²) in [5.41, 5.74) is 0. The smallest absolute Gasteiger partial charge is 0.368 e. The predicted octanol–water partition coefficient (Wildman–Crippen LogP) is -1.61. The minimum atomic E-state index is -3.09. The molecule has 94 valence electrons. The molecule has 0 amide bonds. The van der Waals surface area contributed by atoms with Crippen molar-refractivity contribution in [1.29, 1.82) is 0 Å². The van der Waals surface area contributed by atoms with E-state index in [9.17, 15) is 19.8 Å². The molecule has 0 spiro atoms. The van der Waals surface area contributed by atoms with Gasteiger partial charge in [0.15, 0.2) is 0 Å². The van der Waals surface area contributed by atoms with Gasteiger partial charge < -0.3 is 24.5 Å². The van der Waals surface area contributed by atoms with Crippen LogP contribution in [0.25, 0.3) is 0 Å². The molecule has 0 aliphatic rings. The molecule has 1 unspecified atom stereocenters. The number of carboxylic acid groups (broad SMARTS) is 1. The Balaban J connectivity index is 4.94. The number of rotatable bonds is 5. The van der Waals surface area contributed by atoms with Gasteiger partial charge in [-0.05, 0) is 0 Å². The predicted molar refractivity (Wildman–Crippen MR) is 53.3 cm³/mol. The lowest BCUT2D eigenvalue weighted by Crippen LogP contribution is -2.58. The highest BCUT2D eigenvalue weighted by Gasteiger charge is 2.47. The Labute approximate surface area is 93.4 Å². The van der Waals surface area contributed by atoms with Gasteiger partial charge in [-0.15, -0.1) is 0 Å². The third-order valence-electron chi connectivity index (χ3n) is 1.79. The normalized spacial score (nSPS) is 14.4. The largest absolute Gasteiger partial charge is 0.477 e. The zero-order valence-corrected chi connectivity index (χ0v) is 9.80. The van der Waals surface area contributed by atoms with Crippen LogP contribution in [0.3, 0.4) is 0 Å². The molecule has 0 aliphatic carbocycles. The number of carbonyl (C=O) groups excluding carboxylic acids is 1. The zero-order valence-electron chi connectivity index (χ0n) is 9.80. The van der Waals surface area contributed by atoms with Crippen molar-refractivity contribution in [3.8, 4) is 0 Å². The van der Waals surface area contributed by atoms with Crippen molar-refractivity contribution in [1.82, 2.24) is 0 Å². The maximum Gasteiger partial charge on any atom is 0.368 e. The minimum Gasteiger partial charge on any atom is -0.477 e. The summed E-state index contributed by atoms with van der Waals surface area (Å²) in [7, 11) is 5.11. The average Bonchev–Trinajstić information content (AvgIpc) is 1.98. The fraction of sp³-hybridized carbons (Fsp3) is 0.778. The molecule has 16 heavy (non-hydrogen) atoms. The van der Waals surface area contributed by atoms with Crippen molar-refractivity contribution >= 4 is 11.9 Å². The number of aliphatic hydroxyl groups is 2. The van der Waals surface area contributed by atoms with Crippen molar-refractivity contribution in [2.75, 3.05) is 27.7 Å². The van der Waals surface area contributed by atoms with E-state index in [0.717, 1.165) is 6.92 Å². The van der Waals surface area contributed by atoms with Crippen LogP contribution >= 0.6 is 0 Å². The lowest BCUT2D eigenvalue weighted by molar-refractivity contribution is -0.874. The van der Waals surface area contributed by atoms with Crippen LogP contribution in [-0.4, -0.2) is 71.3 Å². The highest BCUT2D eigenvalue weighted by atomic mass is 16.6. The maximum atomic E-state index is 10.8. The molecule has 0 aliphatic heterocycles. The van der Waals surface area contributed by atoms with Crippen LogP contribution < -0.4 is 0 Å². The number of hydrogen-bond donors (Lipinski definition) is 3. The Morgan fingerprint density at radius 1 is 1.31 bits per heavy atom. The fourth-order valence-corrected chi connectivity index (χ4v) is 1.08. The van der Waals surface area contributed by atoms with Crippen LogP contribution in [0.2, 0.25) is 0 Å². The standard InChI is InChI=1S/C9H17NO6/c1-6(11)16-7(5-10(2,3)4)9(14,15)8(12)13/h7,14-15H,5H2,1-4H3/p+1. The Hall–Kier alpha value is -1.18. The molecule has 7 heteroatoms. The SMILES string of the molecule is CC(=O)OC(C[N+](C)(C)C)C(O)(O)C(=O)O. The zero-order chi connectivity index (χ0) is 13.1. The number of hydrogen-bond acceptors (Lipinski definition) is 5. The summed E-state index contributed by atoms with van der Waals surface area (Å²) in [6.45, 7) is 1.03. The first-order valence-electron chi connectivity index (χ1n) is 4.62. The van der Waals surface area contributed by atoms with E-state index in [1.165, 1.54) is 0 Å². The van der Waals surface area contributed by atoms with E-state index in [2.05, 4.69) is 4.74 Å². The number of nitrogens with zero attached hydrogens (tertiary/aromatic N) is 1. The molecule has 0 rings (SSSR count). The third kappa shape index (κ3) is 4.56. The first-order chi connectivity index (χ1) is 6.97. The highest BCUT2D eigenvalue weighted by Crippen LogP contribution is 2.14. The van der Waals surface area contributed by atoms with Gasteiger partial charge in [0.25, 0.3) is 0 Å². The monoisotopic (exact) mass is 236 g/mol. The van der Waals surface area contributed by atoms with Crippen molar-refractivity contribution in [2.45, 2.75) is 18.8 Å². The molecule has 3 N–H and O–H groups in total. The van der Waals surface area contributed by atoms with E-state index < -0.39 is 23.8 Å². The van der Waals surface area contributed by atoms with Gasteiger partial charge in [0.1, 0.15) is 6.54 Å². The van der Waals surface area contributed by atoms with Crippen LogP contribution in [0.1, 0.15) is 6.92 Å². The number of esters is 1. The van der Waals surface area contributed by atoms with Gasteiger partial charge >= 0.3 is 17.7 Å². The summed E-state index contributed by atoms with van der Waals surface area (Å²) in [6, 6.07) is 0. The Morgan fingerprint density at radius 3 is 2.00 bits per heavy atom. The van der Waals surface area contributed by atoms with E-state index in [1.54, 1.807) is 21.1 Å². The number of quaternary nitrogens is 1. The Kier molecular flexibility index (Phi) is 4.42. The summed E-state index contributed by atoms with van der Waals surface area (Å²) in [6.07, 6.45) is -1.53. The molecule has 0 aromatic heterocycles. The topological polar surface area (TPSA) is 104 Å². The van der Waals surface area contributed by atoms with Crippen molar-refractivity contribution in [3.05, 3.63) is 0 Å². The van der Waals surface area contributed by atoms with Gasteiger partial charge in [-0.2, -0.15) is 0 Å². The molecule has 0 saturated carbocycles. The van der Waals surface area contributed by atoms with Crippen molar-refractivity contribution in [3.63, 3.8) is 0 Å². The molecule has 0 heterocycles. The molecule has 0 aromatic rings. The quantitative estimate of drug-likeness (QED) is 0.301. The summed E-state index contributed by atoms with van der Waals surface area (Å²) in [5.74, 6) is -5.71. The van der Waals surface area contributed by atoms with Crippen LogP contribution in [0.4, 0.5) is 0 Å². The second-order valence-electron chi connectivity index (χ2n) is 4.60. The lowest BCUT2D eigenvalue weighted by Gasteiger charge is -2.33. The van der Waals surface area contributed by atoms with E-state index in [0.29, 0.717) is 0 Å². The second-order valence-corrected chi connectivity index (χ2v) is 4.60. The molecule has 0 fully saturated rings. The van der Waals surface area contributed by atoms with E-state index >= 15 is 0 Å².